The Kier molecular flexibility index (Phi) is 5.88. The summed E-state index contributed by atoms with van der Waals surface area (Å²) in [6, 6.07) is 4.67. The molecule has 7 heteroatoms. The van der Waals surface area contributed by atoms with Gasteiger partial charge in [0.1, 0.15) is 5.82 Å². The van der Waals surface area contributed by atoms with E-state index in [-0.39, 0.29) is 18.6 Å². The van der Waals surface area contributed by atoms with E-state index in [2.05, 4.69) is 10.6 Å². The maximum Gasteiger partial charge on any atom is 0.232 e. The first-order valence-corrected chi connectivity index (χ1v) is 8.87. The minimum Gasteiger partial charge on any atom is -0.381 e. The zero-order chi connectivity index (χ0) is 17.7. The van der Waals surface area contributed by atoms with Crippen LogP contribution < -0.4 is 16.4 Å². The van der Waals surface area contributed by atoms with Crippen molar-refractivity contribution >= 4 is 17.3 Å². The van der Waals surface area contributed by atoms with Gasteiger partial charge in [0, 0.05) is 38.6 Å². The molecule has 1 aromatic carbocycles. The molecule has 2 aliphatic heterocycles. The molecule has 2 aliphatic rings. The third kappa shape index (κ3) is 4.29. The third-order valence-electron chi connectivity index (χ3n) is 5.09. The zero-order valence-electron chi connectivity index (χ0n) is 14.4. The van der Waals surface area contributed by atoms with Gasteiger partial charge in [-0.1, -0.05) is 0 Å². The molecule has 3 rings (SSSR count). The van der Waals surface area contributed by atoms with Gasteiger partial charge in [0.15, 0.2) is 0 Å². The molecule has 0 aromatic heterocycles. The van der Waals surface area contributed by atoms with E-state index in [1.54, 1.807) is 12.1 Å². The van der Waals surface area contributed by atoms with Crippen LogP contribution >= 0.6 is 0 Å². The molecule has 2 heterocycles. The van der Waals surface area contributed by atoms with Crippen molar-refractivity contribution in [3.05, 3.63) is 24.0 Å². The molecule has 0 bridgehead atoms. The van der Waals surface area contributed by atoms with Gasteiger partial charge in [-0.3, -0.25) is 4.79 Å². The van der Waals surface area contributed by atoms with Gasteiger partial charge in [-0.15, -0.1) is 0 Å². The van der Waals surface area contributed by atoms with E-state index in [9.17, 15) is 9.18 Å². The molecule has 2 fully saturated rings. The van der Waals surface area contributed by atoms with Crippen molar-refractivity contribution in [2.75, 3.05) is 43.5 Å². The summed E-state index contributed by atoms with van der Waals surface area (Å²) < 4.78 is 25.1. The largest absolute Gasteiger partial charge is 0.381 e. The van der Waals surface area contributed by atoms with Crippen LogP contribution in [0.25, 0.3) is 0 Å². The molecular weight excluding hydrogens is 325 g/mol. The Morgan fingerprint density at radius 3 is 2.76 bits per heavy atom. The maximum atomic E-state index is 14.3. The number of rotatable bonds is 6. The van der Waals surface area contributed by atoms with Gasteiger partial charge in [-0.25, -0.2) is 4.39 Å². The van der Waals surface area contributed by atoms with E-state index in [0.29, 0.717) is 44.0 Å². The molecule has 25 heavy (non-hydrogen) atoms. The molecule has 1 amide bonds. The number of carbonyl (C=O) groups excluding carboxylic acids is 1. The lowest BCUT2D eigenvalue weighted by atomic mass is 9.79. The van der Waals surface area contributed by atoms with Crippen LogP contribution in [0, 0.1) is 11.2 Å². The summed E-state index contributed by atoms with van der Waals surface area (Å²) in [4.78, 5) is 12.6. The molecule has 1 atom stereocenters. The van der Waals surface area contributed by atoms with Crippen molar-refractivity contribution in [1.29, 1.82) is 0 Å². The first-order valence-electron chi connectivity index (χ1n) is 8.87. The average Bonchev–Trinajstić information content (AvgIpc) is 3.15. The number of nitrogens with one attached hydrogen (secondary N) is 2. The SMILES string of the molecule is NCC1(C(=O)Nc2ccc(NCC3CCCO3)c(F)c2)CCOCC1. The molecule has 1 unspecified atom stereocenters. The monoisotopic (exact) mass is 351 g/mol. The highest BCUT2D eigenvalue weighted by Crippen LogP contribution is 2.31. The number of hydrogen-bond donors (Lipinski definition) is 3. The predicted molar refractivity (Wildman–Crippen MR) is 94.0 cm³/mol. The summed E-state index contributed by atoms with van der Waals surface area (Å²) in [5.74, 6) is -0.567. The molecule has 1 aromatic rings. The highest BCUT2D eigenvalue weighted by Gasteiger charge is 2.38. The van der Waals surface area contributed by atoms with Crippen molar-refractivity contribution in [3.8, 4) is 0 Å². The molecular formula is C18H26FN3O3. The Labute approximate surface area is 147 Å². The summed E-state index contributed by atoms with van der Waals surface area (Å²) in [6.45, 7) is 2.65. The number of benzene rings is 1. The lowest BCUT2D eigenvalue weighted by molar-refractivity contribution is -0.130. The third-order valence-corrected chi connectivity index (χ3v) is 5.09. The fourth-order valence-corrected chi connectivity index (χ4v) is 3.32. The smallest absolute Gasteiger partial charge is 0.232 e. The molecule has 0 spiro atoms. The van der Waals surface area contributed by atoms with Gasteiger partial charge < -0.3 is 25.8 Å². The number of ether oxygens (including phenoxy) is 2. The van der Waals surface area contributed by atoms with Crippen LogP contribution in [0.15, 0.2) is 18.2 Å². The maximum absolute atomic E-state index is 14.3. The van der Waals surface area contributed by atoms with Crippen molar-refractivity contribution in [2.24, 2.45) is 11.1 Å². The summed E-state index contributed by atoms with van der Waals surface area (Å²) in [5.41, 5.74) is 6.05. The second-order valence-corrected chi connectivity index (χ2v) is 6.76. The minimum absolute atomic E-state index is 0.136. The summed E-state index contributed by atoms with van der Waals surface area (Å²) in [6.07, 6.45) is 3.34. The molecule has 0 saturated carbocycles. The molecule has 0 radical (unpaired) electrons. The lowest BCUT2D eigenvalue weighted by Gasteiger charge is -2.34. The predicted octanol–water partition coefficient (Wildman–Crippen LogP) is 2.11. The van der Waals surface area contributed by atoms with Crippen molar-refractivity contribution in [2.45, 2.75) is 31.8 Å². The highest BCUT2D eigenvalue weighted by molar-refractivity contribution is 5.95. The minimum atomic E-state index is -0.633. The van der Waals surface area contributed by atoms with Crippen LogP contribution in [0.5, 0.6) is 0 Å². The van der Waals surface area contributed by atoms with Gasteiger partial charge in [0.2, 0.25) is 5.91 Å². The first-order chi connectivity index (χ1) is 12.1. The van der Waals surface area contributed by atoms with E-state index in [4.69, 9.17) is 15.2 Å². The van der Waals surface area contributed by atoms with Gasteiger partial charge in [-0.2, -0.15) is 0 Å². The van der Waals surface area contributed by atoms with Crippen LogP contribution in [0.4, 0.5) is 15.8 Å². The number of anilines is 2. The molecule has 0 aliphatic carbocycles. The number of halogens is 1. The molecule has 6 nitrogen and oxygen atoms in total. The van der Waals surface area contributed by atoms with Crippen molar-refractivity contribution in [3.63, 3.8) is 0 Å². The van der Waals surface area contributed by atoms with Crippen LogP contribution in [-0.2, 0) is 14.3 Å². The van der Waals surface area contributed by atoms with E-state index < -0.39 is 11.2 Å². The fraction of sp³-hybridized carbons (Fsp3) is 0.611. The van der Waals surface area contributed by atoms with Crippen LogP contribution in [-0.4, -0.2) is 44.9 Å². The fourth-order valence-electron chi connectivity index (χ4n) is 3.32. The second-order valence-electron chi connectivity index (χ2n) is 6.76. The normalized spacial score (nSPS) is 22.6. The molecule has 138 valence electrons. The summed E-state index contributed by atoms with van der Waals surface area (Å²) in [5, 5.41) is 5.87. The van der Waals surface area contributed by atoms with Gasteiger partial charge >= 0.3 is 0 Å². The van der Waals surface area contributed by atoms with Crippen LogP contribution in [0.3, 0.4) is 0 Å². The second kappa shape index (κ2) is 8.12. The standard InChI is InChI=1S/C18H26FN3O3/c19-15-10-13(3-4-16(15)21-11-14-2-1-7-25-14)22-17(23)18(12-20)5-8-24-9-6-18/h3-4,10,14,21H,1-2,5-9,11-12,20H2,(H,22,23). The number of carbonyl (C=O) groups is 1. The summed E-state index contributed by atoms with van der Waals surface area (Å²) in [7, 11) is 0. The average molecular weight is 351 g/mol. The van der Waals surface area contributed by atoms with Gasteiger partial charge in [0.05, 0.1) is 17.2 Å². The lowest BCUT2D eigenvalue weighted by Crippen LogP contribution is -2.46. The Bertz CT molecular complexity index is 599. The van der Waals surface area contributed by atoms with E-state index in [1.165, 1.54) is 6.07 Å². The van der Waals surface area contributed by atoms with Gasteiger partial charge in [-0.05, 0) is 43.9 Å². The Morgan fingerprint density at radius 1 is 1.32 bits per heavy atom. The highest BCUT2D eigenvalue weighted by atomic mass is 19.1. The topological polar surface area (TPSA) is 85.6 Å². The van der Waals surface area contributed by atoms with E-state index >= 15 is 0 Å². The van der Waals surface area contributed by atoms with Crippen molar-refractivity contribution < 1.29 is 18.7 Å². The number of hydrogen-bond acceptors (Lipinski definition) is 5. The van der Waals surface area contributed by atoms with Crippen LogP contribution in [0.2, 0.25) is 0 Å². The summed E-state index contributed by atoms with van der Waals surface area (Å²) >= 11 is 0. The van der Waals surface area contributed by atoms with E-state index in [0.717, 1.165) is 19.4 Å². The first kappa shape index (κ1) is 18.1. The van der Waals surface area contributed by atoms with Crippen LogP contribution in [0.1, 0.15) is 25.7 Å². The Hall–Kier alpha value is -1.70. The van der Waals surface area contributed by atoms with Gasteiger partial charge in [0.25, 0.3) is 0 Å². The number of nitrogens with two attached hydrogens (primary N) is 1. The van der Waals surface area contributed by atoms with E-state index in [1.807, 2.05) is 0 Å². The zero-order valence-corrected chi connectivity index (χ0v) is 14.4. The Balaban J connectivity index is 1.60. The number of amides is 1. The quantitative estimate of drug-likeness (QED) is 0.731. The van der Waals surface area contributed by atoms with Crippen molar-refractivity contribution in [1.82, 2.24) is 0 Å². The molecule has 4 N–H and O–H groups in total. The molecule has 2 saturated heterocycles. The Morgan fingerprint density at radius 2 is 2.12 bits per heavy atom.